The van der Waals surface area contributed by atoms with E-state index in [9.17, 15) is 18.0 Å². The predicted octanol–water partition coefficient (Wildman–Crippen LogP) is 5.82. The van der Waals surface area contributed by atoms with E-state index in [0.29, 0.717) is 26.4 Å². The van der Waals surface area contributed by atoms with E-state index in [2.05, 4.69) is 26.1 Å². The van der Waals surface area contributed by atoms with E-state index in [0.717, 1.165) is 4.57 Å². The number of nitrogens with zero attached hydrogens (tertiary/aromatic N) is 3. The molecule has 180 valence electrons. The second-order valence-corrected chi connectivity index (χ2v) is 8.52. The Kier molecular flexibility index (Phi) is 6.88. The van der Waals surface area contributed by atoms with Crippen LogP contribution in [-0.4, -0.2) is 34.5 Å². The topological polar surface area (TPSA) is 75.5 Å². The van der Waals surface area contributed by atoms with Crippen LogP contribution < -0.4 is 4.74 Å². The first kappa shape index (κ1) is 24.5. The van der Waals surface area contributed by atoms with Crippen LogP contribution in [0.15, 0.2) is 40.9 Å². The Hall–Kier alpha value is -2.63. The van der Waals surface area contributed by atoms with Gasteiger partial charge in [0.15, 0.2) is 5.82 Å². The number of halogens is 5. The van der Waals surface area contributed by atoms with E-state index in [1.54, 1.807) is 25.1 Å². The average Bonchev–Trinajstić information content (AvgIpc) is 3.18. The molecule has 0 amide bonds. The number of aromatic nitrogens is 3. The predicted molar refractivity (Wildman–Crippen MR) is 119 cm³/mol. The molecule has 0 saturated carbocycles. The highest BCUT2D eigenvalue weighted by atomic mass is 79.9. The second kappa shape index (κ2) is 9.55. The number of hydrogen-bond acceptors (Lipinski definition) is 6. The Bertz CT molecular complexity index is 1230. The zero-order chi connectivity index (χ0) is 24.6. The Labute approximate surface area is 205 Å². The maximum Gasteiger partial charge on any atom is 0.452 e. The number of carbonyl (C=O) groups excluding carboxylic acids is 1. The van der Waals surface area contributed by atoms with Crippen molar-refractivity contribution in [2.45, 2.75) is 31.7 Å². The van der Waals surface area contributed by atoms with E-state index >= 15 is 0 Å². The Morgan fingerprint density at radius 1 is 1.24 bits per heavy atom. The minimum Gasteiger partial charge on any atom is -0.496 e. The molecule has 1 aliphatic rings. The van der Waals surface area contributed by atoms with Crippen LogP contribution in [-0.2, 0) is 20.4 Å². The summed E-state index contributed by atoms with van der Waals surface area (Å²) < 4.78 is 59.8. The number of rotatable bonds is 5. The largest absolute Gasteiger partial charge is 0.496 e. The van der Waals surface area contributed by atoms with E-state index in [-0.39, 0.29) is 24.5 Å². The van der Waals surface area contributed by atoms with E-state index in [4.69, 9.17) is 25.8 Å². The van der Waals surface area contributed by atoms with Crippen molar-refractivity contribution in [2.75, 3.05) is 13.7 Å². The van der Waals surface area contributed by atoms with Gasteiger partial charge >= 0.3 is 12.1 Å². The lowest BCUT2D eigenvalue weighted by atomic mass is 9.99. The van der Waals surface area contributed by atoms with E-state index in [1.807, 2.05) is 0 Å². The van der Waals surface area contributed by atoms with Gasteiger partial charge in [-0.15, -0.1) is 10.2 Å². The molecule has 2 heterocycles. The van der Waals surface area contributed by atoms with Gasteiger partial charge in [0, 0.05) is 16.1 Å². The Morgan fingerprint density at radius 2 is 2.00 bits per heavy atom. The highest BCUT2D eigenvalue weighted by Gasteiger charge is 2.43. The molecule has 12 heteroatoms. The molecule has 0 saturated heterocycles. The third-order valence-electron chi connectivity index (χ3n) is 5.20. The molecule has 1 aromatic heterocycles. The highest BCUT2D eigenvalue weighted by molar-refractivity contribution is 9.10. The van der Waals surface area contributed by atoms with Gasteiger partial charge < -0.3 is 14.2 Å². The molecule has 7 nitrogen and oxygen atoms in total. The zero-order valence-corrected chi connectivity index (χ0v) is 20.2. The number of alkyl halides is 3. The SMILES string of the molecule is CCOC(=O)C[C@@H]1O[C@@H](c2cccc(OC)c2Br)c2cc(Cl)ccc2-n2c1nnc2C(F)(F)F. The molecule has 0 fully saturated rings. The average molecular weight is 561 g/mol. The summed E-state index contributed by atoms with van der Waals surface area (Å²) in [5.74, 6) is -1.58. The van der Waals surface area contributed by atoms with Gasteiger partial charge in [-0.3, -0.25) is 9.36 Å². The zero-order valence-electron chi connectivity index (χ0n) is 17.9. The number of esters is 1. The van der Waals surface area contributed by atoms with Gasteiger partial charge in [0.05, 0.1) is 30.3 Å². The lowest BCUT2D eigenvalue weighted by Crippen LogP contribution is -2.18. The molecule has 0 radical (unpaired) electrons. The molecular formula is C22H18BrClF3N3O4. The minimum absolute atomic E-state index is 0.104. The lowest BCUT2D eigenvalue weighted by Gasteiger charge is -2.24. The van der Waals surface area contributed by atoms with Gasteiger partial charge in [0.25, 0.3) is 0 Å². The highest BCUT2D eigenvalue weighted by Crippen LogP contribution is 2.46. The first-order valence-corrected chi connectivity index (χ1v) is 11.3. The summed E-state index contributed by atoms with van der Waals surface area (Å²) in [7, 11) is 1.49. The van der Waals surface area contributed by atoms with Crippen molar-refractivity contribution in [3.05, 3.63) is 68.7 Å². The maximum atomic E-state index is 13.9. The quantitative estimate of drug-likeness (QED) is 0.366. The molecule has 0 unspecified atom stereocenters. The van der Waals surface area contributed by atoms with Gasteiger partial charge in [-0.05, 0) is 47.1 Å². The van der Waals surface area contributed by atoms with E-state index < -0.39 is 30.2 Å². The van der Waals surface area contributed by atoms with Crippen LogP contribution in [0.5, 0.6) is 5.75 Å². The van der Waals surface area contributed by atoms with Crippen LogP contribution in [0, 0.1) is 0 Å². The number of hydrogen-bond donors (Lipinski definition) is 0. The summed E-state index contributed by atoms with van der Waals surface area (Å²) in [6.45, 7) is 1.73. The monoisotopic (exact) mass is 559 g/mol. The lowest BCUT2D eigenvalue weighted by molar-refractivity contribution is -0.147. The molecule has 4 rings (SSSR count). The van der Waals surface area contributed by atoms with Crippen molar-refractivity contribution in [2.24, 2.45) is 0 Å². The molecule has 0 N–H and O–H groups in total. The van der Waals surface area contributed by atoms with Crippen molar-refractivity contribution in [3.63, 3.8) is 0 Å². The maximum absolute atomic E-state index is 13.9. The standard InChI is InChI=1S/C22H18BrClF3N3O4/c1-3-33-17(31)10-16-20-28-29-21(22(25,26)27)30(20)14-8-7-11(24)9-13(14)19(34-16)12-5-4-6-15(32-2)18(12)23/h4-9,16,19H,3,10H2,1-2H3/t16-,19-/m0/s1. The van der Waals surface area contributed by atoms with Crippen molar-refractivity contribution in [1.29, 1.82) is 0 Å². The molecular weight excluding hydrogens is 543 g/mol. The number of ether oxygens (including phenoxy) is 3. The summed E-state index contributed by atoms with van der Waals surface area (Å²) in [6.07, 6.45) is -7.31. The summed E-state index contributed by atoms with van der Waals surface area (Å²) in [5.41, 5.74) is 1.02. The van der Waals surface area contributed by atoms with Gasteiger partial charge in [-0.2, -0.15) is 13.2 Å². The molecule has 3 aromatic rings. The molecule has 0 bridgehead atoms. The van der Waals surface area contributed by atoms with Crippen LogP contribution in [0.4, 0.5) is 13.2 Å². The first-order chi connectivity index (χ1) is 16.2. The summed E-state index contributed by atoms with van der Waals surface area (Å²) in [5, 5.41) is 7.44. The third kappa shape index (κ3) is 4.51. The number of benzene rings is 2. The fourth-order valence-electron chi connectivity index (χ4n) is 3.80. The first-order valence-electron chi connectivity index (χ1n) is 10.1. The number of methoxy groups -OCH3 is 1. The van der Waals surface area contributed by atoms with Crippen LogP contribution >= 0.6 is 27.5 Å². The summed E-state index contributed by atoms with van der Waals surface area (Å²) >= 11 is 9.74. The normalized spacial score (nSPS) is 17.5. The Balaban J connectivity index is 1.98. The fraction of sp³-hybridized carbons (Fsp3) is 0.318. The summed E-state index contributed by atoms with van der Waals surface area (Å²) in [4.78, 5) is 12.3. The van der Waals surface area contributed by atoms with Gasteiger partial charge in [-0.1, -0.05) is 23.7 Å². The van der Waals surface area contributed by atoms with Crippen molar-refractivity contribution < 1.29 is 32.2 Å². The van der Waals surface area contributed by atoms with Gasteiger partial charge in [0.1, 0.15) is 18.0 Å². The van der Waals surface area contributed by atoms with Crippen molar-refractivity contribution >= 4 is 33.5 Å². The molecule has 0 aliphatic carbocycles. The minimum atomic E-state index is -4.81. The molecule has 0 spiro atoms. The van der Waals surface area contributed by atoms with Crippen molar-refractivity contribution in [1.82, 2.24) is 14.8 Å². The number of carbonyl (C=O) groups is 1. The van der Waals surface area contributed by atoms with Crippen molar-refractivity contribution in [3.8, 4) is 11.4 Å². The third-order valence-corrected chi connectivity index (χ3v) is 6.28. The van der Waals surface area contributed by atoms with Gasteiger partial charge in [-0.25, -0.2) is 0 Å². The second-order valence-electron chi connectivity index (χ2n) is 7.30. The van der Waals surface area contributed by atoms with Crippen LogP contribution in [0.3, 0.4) is 0 Å². The van der Waals surface area contributed by atoms with Crippen LogP contribution in [0.1, 0.15) is 48.3 Å². The van der Waals surface area contributed by atoms with Crippen LogP contribution in [0.25, 0.3) is 5.69 Å². The fourth-order valence-corrected chi connectivity index (χ4v) is 4.62. The smallest absolute Gasteiger partial charge is 0.452 e. The molecule has 2 aromatic carbocycles. The van der Waals surface area contributed by atoms with E-state index in [1.165, 1.54) is 25.3 Å². The molecule has 34 heavy (non-hydrogen) atoms. The number of fused-ring (bicyclic) bond motifs is 3. The molecule has 1 aliphatic heterocycles. The molecule has 2 atom stereocenters. The Morgan fingerprint density at radius 3 is 2.68 bits per heavy atom. The summed E-state index contributed by atoms with van der Waals surface area (Å²) in [6, 6.07) is 9.60. The van der Waals surface area contributed by atoms with Crippen LogP contribution in [0.2, 0.25) is 5.02 Å². The van der Waals surface area contributed by atoms with Gasteiger partial charge in [0.2, 0.25) is 5.82 Å².